The van der Waals surface area contributed by atoms with Crippen LogP contribution >= 0.6 is 0 Å². The highest BCUT2D eigenvalue weighted by molar-refractivity contribution is 6.40. The molecule has 0 aliphatic rings. The van der Waals surface area contributed by atoms with Crippen molar-refractivity contribution in [1.29, 1.82) is 0 Å². The first-order chi connectivity index (χ1) is 9.09. The Hall–Kier alpha value is -1.37. The zero-order chi connectivity index (χ0) is 14.1. The first-order valence-corrected chi connectivity index (χ1v) is 6.46. The molecule has 0 heterocycles. The lowest BCUT2D eigenvalue weighted by atomic mass is 9.82. The summed E-state index contributed by atoms with van der Waals surface area (Å²) in [6.45, 7) is 0.591. The van der Waals surface area contributed by atoms with Gasteiger partial charge < -0.3 is 20.5 Å². The number of nitrogens with one attached hydrogen (secondary N) is 1. The number of aliphatic carboxylic acids is 1. The lowest BCUT2D eigenvalue weighted by molar-refractivity contribution is -0.139. The quantitative estimate of drug-likeness (QED) is 0.386. The molecule has 1 aromatic carbocycles. The summed E-state index contributed by atoms with van der Waals surface area (Å²) in [7, 11) is -1.45. The van der Waals surface area contributed by atoms with Crippen molar-refractivity contribution in [1.82, 2.24) is 5.32 Å². The zero-order valence-corrected chi connectivity index (χ0v) is 10.8. The zero-order valence-electron chi connectivity index (χ0n) is 10.8. The smallest absolute Gasteiger partial charge is 0.451 e. The van der Waals surface area contributed by atoms with Crippen LogP contribution in [0.15, 0.2) is 30.3 Å². The van der Waals surface area contributed by atoms with Gasteiger partial charge in [-0.25, -0.2) is 0 Å². The summed E-state index contributed by atoms with van der Waals surface area (Å²) in [5.41, 5.74) is 1.22. The summed E-state index contributed by atoms with van der Waals surface area (Å²) in [5, 5.41) is 29.4. The van der Waals surface area contributed by atoms with Crippen LogP contribution in [-0.4, -0.2) is 40.8 Å². The minimum absolute atomic E-state index is 0.0582. The first kappa shape index (κ1) is 15.7. The second-order valence-corrected chi connectivity index (χ2v) is 4.49. The molecule has 0 saturated carbocycles. The van der Waals surface area contributed by atoms with Gasteiger partial charge in [-0.2, -0.15) is 0 Å². The minimum Gasteiger partial charge on any atom is -0.480 e. The van der Waals surface area contributed by atoms with Crippen molar-refractivity contribution in [2.75, 3.05) is 6.54 Å². The monoisotopic (exact) mass is 265 g/mol. The number of benzene rings is 1. The number of carbonyl (C=O) groups is 1. The van der Waals surface area contributed by atoms with E-state index in [0.29, 0.717) is 6.54 Å². The molecule has 4 N–H and O–H groups in total. The van der Waals surface area contributed by atoms with Crippen LogP contribution in [0.25, 0.3) is 0 Å². The Balaban J connectivity index is 2.23. The van der Waals surface area contributed by atoms with E-state index in [4.69, 9.17) is 15.2 Å². The highest BCUT2D eigenvalue weighted by Crippen LogP contribution is 2.03. The topological polar surface area (TPSA) is 89.8 Å². The average molecular weight is 265 g/mol. The lowest BCUT2D eigenvalue weighted by Crippen LogP contribution is -2.38. The molecule has 104 valence electrons. The molecule has 0 saturated heterocycles. The Morgan fingerprint density at radius 3 is 2.53 bits per heavy atom. The molecular weight excluding hydrogens is 245 g/mol. The predicted octanol–water partition coefficient (Wildman–Crippen LogP) is 0.525. The van der Waals surface area contributed by atoms with Gasteiger partial charge >= 0.3 is 13.1 Å². The molecule has 0 fully saturated rings. The van der Waals surface area contributed by atoms with Crippen LogP contribution in [0, 0.1) is 0 Å². The molecule has 5 nitrogen and oxygen atoms in total. The molecule has 1 atom stereocenters. The normalized spacial score (nSPS) is 12.1. The molecule has 1 rings (SSSR count). The van der Waals surface area contributed by atoms with Gasteiger partial charge in [0.25, 0.3) is 0 Å². The fraction of sp³-hybridized carbons (Fsp3) is 0.462. The average Bonchev–Trinajstić information content (AvgIpc) is 2.38. The first-order valence-electron chi connectivity index (χ1n) is 6.46. The Morgan fingerprint density at radius 2 is 1.95 bits per heavy atom. The van der Waals surface area contributed by atoms with Gasteiger partial charge in [0.15, 0.2) is 0 Å². The molecule has 0 aromatic heterocycles. The maximum Gasteiger partial charge on any atom is 0.451 e. The Kier molecular flexibility index (Phi) is 7.17. The number of hydrogen-bond acceptors (Lipinski definition) is 4. The van der Waals surface area contributed by atoms with E-state index in [1.54, 1.807) is 0 Å². The third-order valence-electron chi connectivity index (χ3n) is 2.89. The van der Waals surface area contributed by atoms with Crippen molar-refractivity contribution in [3.63, 3.8) is 0 Å². The van der Waals surface area contributed by atoms with Crippen molar-refractivity contribution in [2.24, 2.45) is 0 Å². The van der Waals surface area contributed by atoms with Gasteiger partial charge in [-0.15, -0.1) is 0 Å². The molecule has 1 aromatic rings. The van der Waals surface area contributed by atoms with Crippen molar-refractivity contribution in [2.45, 2.75) is 31.6 Å². The van der Waals surface area contributed by atoms with Gasteiger partial charge in [0, 0.05) is 0 Å². The lowest BCUT2D eigenvalue weighted by Gasteiger charge is -2.14. The third-order valence-corrected chi connectivity index (χ3v) is 2.89. The summed E-state index contributed by atoms with van der Waals surface area (Å²) in [4.78, 5) is 11.0. The van der Waals surface area contributed by atoms with Crippen LogP contribution in [0.2, 0.25) is 6.32 Å². The molecule has 0 bridgehead atoms. The molecule has 0 spiro atoms. The highest BCUT2D eigenvalue weighted by Gasteiger charge is 2.19. The van der Waals surface area contributed by atoms with Crippen molar-refractivity contribution in [3.8, 4) is 0 Å². The van der Waals surface area contributed by atoms with Crippen LogP contribution in [0.5, 0.6) is 0 Å². The maximum atomic E-state index is 11.0. The van der Waals surface area contributed by atoms with E-state index in [1.807, 2.05) is 30.3 Å². The third kappa shape index (κ3) is 6.95. The highest BCUT2D eigenvalue weighted by atomic mass is 16.4. The van der Waals surface area contributed by atoms with Gasteiger partial charge in [-0.1, -0.05) is 30.3 Å². The van der Waals surface area contributed by atoms with Gasteiger partial charge in [0.05, 0.1) is 0 Å². The number of rotatable bonds is 9. The molecule has 0 radical (unpaired) electrons. The SMILES string of the molecule is O=C(O)[C@@H](CCB(O)O)NCCCc1ccccc1. The van der Waals surface area contributed by atoms with E-state index < -0.39 is 19.1 Å². The summed E-state index contributed by atoms with van der Waals surface area (Å²) < 4.78 is 0. The fourth-order valence-electron chi connectivity index (χ4n) is 1.84. The Bertz CT molecular complexity index is 372. The maximum absolute atomic E-state index is 11.0. The molecule has 0 amide bonds. The Labute approximate surface area is 113 Å². The van der Waals surface area contributed by atoms with Crippen LogP contribution in [-0.2, 0) is 11.2 Å². The summed E-state index contributed by atoms with van der Waals surface area (Å²) in [6, 6.07) is 9.27. The number of carboxylic acid groups (broad SMARTS) is 1. The molecule has 0 aliphatic carbocycles. The van der Waals surface area contributed by atoms with Gasteiger partial charge in [-0.05, 0) is 37.7 Å². The van der Waals surface area contributed by atoms with Crippen molar-refractivity contribution < 1.29 is 19.9 Å². The van der Waals surface area contributed by atoms with Crippen LogP contribution in [0.1, 0.15) is 18.4 Å². The van der Waals surface area contributed by atoms with Crippen LogP contribution in [0.4, 0.5) is 0 Å². The molecule has 0 unspecified atom stereocenters. The van der Waals surface area contributed by atoms with Crippen molar-refractivity contribution >= 4 is 13.1 Å². The number of carboxylic acids is 1. The molecule has 0 aliphatic heterocycles. The fourth-order valence-corrected chi connectivity index (χ4v) is 1.84. The summed E-state index contributed by atoms with van der Waals surface area (Å²) >= 11 is 0. The summed E-state index contributed by atoms with van der Waals surface area (Å²) in [6.07, 6.45) is 2.00. The minimum atomic E-state index is -1.45. The van der Waals surface area contributed by atoms with Gasteiger partial charge in [0.1, 0.15) is 6.04 Å². The van der Waals surface area contributed by atoms with E-state index in [0.717, 1.165) is 12.8 Å². The number of hydrogen-bond donors (Lipinski definition) is 4. The summed E-state index contributed by atoms with van der Waals surface area (Å²) in [5.74, 6) is -0.958. The van der Waals surface area contributed by atoms with Crippen LogP contribution < -0.4 is 5.32 Å². The molecule has 19 heavy (non-hydrogen) atoms. The number of aryl methyl sites for hydroxylation is 1. The van der Waals surface area contributed by atoms with E-state index >= 15 is 0 Å². The van der Waals surface area contributed by atoms with Gasteiger partial charge in [-0.3, -0.25) is 4.79 Å². The largest absolute Gasteiger partial charge is 0.480 e. The van der Waals surface area contributed by atoms with Gasteiger partial charge in [0.2, 0.25) is 0 Å². The second-order valence-electron chi connectivity index (χ2n) is 4.49. The van der Waals surface area contributed by atoms with E-state index in [-0.39, 0.29) is 12.7 Å². The van der Waals surface area contributed by atoms with Crippen molar-refractivity contribution in [3.05, 3.63) is 35.9 Å². The standard InChI is InChI=1S/C13H20BNO4/c16-13(17)12(8-9-14(18)19)15-10-4-7-11-5-2-1-3-6-11/h1-3,5-6,12,15,18-19H,4,7-10H2,(H,16,17)/t12-/m1/s1. The predicted molar refractivity (Wildman–Crippen MR) is 73.8 cm³/mol. The van der Waals surface area contributed by atoms with Crippen LogP contribution in [0.3, 0.4) is 0 Å². The van der Waals surface area contributed by atoms with E-state index in [1.165, 1.54) is 5.56 Å². The Morgan fingerprint density at radius 1 is 1.26 bits per heavy atom. The van der Waals surface area contributed by atoms with E-state index in [9.17, 15) is 4.79 Å². The second kappa shape index (κ2) is 8.69. The van der Waals surface area contributed by atoms with E-state index in [2.05, 4.69) is 5.32 Å². The molecular formula is C13H20BNO4. The molecule has 6 heteroatoms.